The summed E-state index contributed by atoms with van der Waals surface area (Å²) in [6.45, 7) is 4.99. The smallest absolute Gasteiger partial charge is 0.264 e. The maximum Gasteiger partial charge on any atom is 0.264 e. The second-order valence-corrected chi connectivity index (χ2v) is 14.3. The fourth-order valence-corrected chi connectivity index (χ4v) is 7.52. The van der Waals surface area contributed by atoms with E-state index in [4.69, 9.17) is 0 Å². The molecule has 5 rings (SSSR count). The van der Waals surface area contributed by atoms with Crippen LogP contribution < -0.4 is 9.62 Å². The van der Waals surface area contributed by atoms with Crippen LogP contribution in [0.15, 0.2) is 102 Å². The molecular weight excluding hydrogens is 614 g/mol. The first kappa shape index (κ1) is 33.9. The molecule has 1 atom stereocenters. The summed E-state index contributed by atoms with van der Waals surface area (Å²) in [5.41, 5.74) is 4.28. The SMILES string of the molecule is Cc1ccc(S(=O)(=O)N(CC(=O)N(Cc2ccc(F)cc2)[C@@H](Cc2ccccc2)C(=O)NC2CCCC2)c2cc(C)ccc2C)cc1. The number of hydrogen-bond acceptors (Lipinski definition) is 4. The number of aryl methyl sites for hydroxylation is 3. The first-order valence-electron chi connectivity index (χ1n) is 16.1. The molecule has 0 radical (unpaired) electrons. The normalized spacial score (nSPS) is 14.0. The molecule has 0 heterocycles. The number of hydrogen-bond donors (Lipinski definition) is 1. The van der Waals surface area contributed by atoms with Gasteiger partial charge in [0.15, 0.2) is 0 Å². The molecule has 1 N–H and O–H groups in total. The molecule has 2 amide bonds. The first-order chi connectivity index (χ1) is 22.5. The van der Waals surface area contributed by atoms with E-state index in [1.54, 1.807) is 37.3 Å². The van der Waals surface area contributed by atoms with Gasteiger partial charge >= 0.3 is 0 Å². The minimum atomic E-state index is -4.20. The quantitative estimate of drug-likeness (QED) is 0.185. The van der Waals surface area contributed by atoms with E-state index < -0.39 is 34.3 Å². The minimum Gasteiger partial charge on any atom is -0.352 e. The number of amides is 2. The van der Waals surface area contributed by atoms with Crippen LogP contribution in [0.2, 0.25) is 0 Å². The van der Waals surface area contributed by atoms with Gasteiger partial charge in [0.1, 0.15) is 18.4 Å². The Labute approximate surface area is 277 Å². The fraction of sp³-hybridized carbons (Fsp3) is 0.316. The molecular formula is C38H42FN3O4S. The van der Waals surface area contributed by atoms with Crippen molar-refractivity contribution in [2.45, 2.75) is 76.4 Å². The molecule has 0 saturated heterocycles. The molecule has 1 saturated carbocycles. The topological polar surface area (TPSA) is 86.8 Å². The van der Waals surface area contributed by atoms with Crippen LogP contribution in [-0.2, 0) is 32.6 Å². The van der Waals surface area contributed by atoms with E-state index in [1.165, 1.54) is 29.2 Å². The molecule has 9 heteroatoms. The summed E-state index contributed by atoms with van der Waals surface area (Å²) >= 11 is 0. The van der Waals surface area contributed by atoms with Gasteiger partial charge in [-0.2, -0.15) is 0 Å². The maximum absolute atomic E-state index is 14.7. The zero-order chi connectivity index (χ0) is 33.6. The number of sulfonamides is 1. The zero-order valence-electron chi connectivity index (χ0n) is 27.2. The van der Waals surface area contributed by atoms with E-state index in [0.717, 1.165) is 46.7 Å². The molecule has 246 valence electrons. The lowest BCUT2D eigenvalue weighted by molar-refractivity contribution is -0.140. The van der Waals surface area contributed by atoms with E-state index in [-0.39, 0.29) is 29.8 Å². The molecule has 7 nitrogen and oxygen atoms in total. The van der Waals surface area contributed by atoms with Crippen molar-refractivity contribution in [1.82, 2.24) is 10.2 Å². The van der Waals surface area contributed by atoms with Gasteiger partial charge in [-0.05, 0) is 86.2 Å². The number of nitrogens with one attached hydrogen (secondary N) is 1. The summed E-state index contributed by atoms with van der Waals surface area (Å²) in [5.74, 6) is -1.26. The van der Waals surface area contributed by atoms with Crippen molar-refractivity contribution in [2.75, 3.05) is 10.8 Å². The van der Waals surface area contributed by atoms with Crippen LogP contribution >= 0.6 is 0 Å². The van der Waals surface area contributed by atoms with Crippen molar-refractivity contribution in [3.05, 3.63) is 131 Å². The van der Waals surface area contributed by atoms with Gasteiger partial charge in [-0.15, -0.1) is 0 Å². The van der Waals surface area contributed by atoms with E-state index >= 15 is 0 Å². The van der Waals surface area contributed by atoms with Crippen LogP contribution in [0.1, 0.15) is 53.5 Å². The van der Waals surface area contributed by atoms with E-state index in [1.807, 2.05) is 56.3 Å². The van der Waals surface area contributed by atoms with Crippen LogP contribution in [0.4, 0.5) is 10.1 Å². The number of benzene rings is 4. The van der Waals surface area contributed by atoms with Crippen LogP contribution in [-0.4, -0.2) is 43.8 Å². The molecule has 0 unspecified atom stereocenters. The van der Waals surface area contributed by atoms with E-state index in [2.05, 4.69) is 5.32 Å². The summed E-state index contributed by atoms with van der Waals surface area (Å²) < 4.78 is 43.7. The van der Waals surface area contributed by atoms with Gasteiger partial charge in [0.2, 0.25) is 11.8 Å². The summed E-state index contributed by atoms with van der Waals surface area (Å²) in [6.07, 6.45) is 4.00. The van der Waals surface area contributed by atoms with Gasteiger partial charge in [0, 0.05) is 19.0 Å². The zero-order valence-corrected chi connectivity index (χ0v) is 28.0. The van der Waals surface area contributed by atoms with Gasteiger partial charge in [-0.3, -0.25) is 13.9 Å². The third kappa shape index (κ3) is 8.46. The summed E-state index contributed by atoms with van der Waals surface area (Å²) in [7, 11) is -4.20. The van der Waals surface area contributed by atoms with Crippen molar-refractivity contribution in [2.24, 2.45) is 0 Å². The highest BCUT2D eigenvalue weighted by atomic mass is 32.2. The van der Waals surface area contributed by atoms with Crippen LogP contribution in [0.3, 0.4) is 0 Å². The first-order valence-corrected chi connectivity index (χ1v) is 17.5. The monoisotopic (exact) mass is 655 g/mol. The molecule has 0 spiro atoms. The average molecular weight is 656 g/mol. The van der Waals surface area contributed by atoms with Gasteiger partial charge < -0.3 is 10.2 Å². The Morgan fingerprint density at radius 1 is 0.830 bits per heavy atom. The Bertz CT molecular complexity index is 1790. The maximum atomic E-state index is 14.7. The molecule has 0 aliphatic heterocycles. The van der Waals surface area contributed by atoms with Crippen molar-refractivity contribution in [3.63, 3.8) is 0 Å². The number of anilines is 1. The Morgan fingerprint density at radius 2 is 1.47 bits per heavy atom. The second-order valence-electron chi connectivity index (χ2n) is 12.5. The lowest BCUT2D eigenvalue weighted by Crippen LogP contribution is -2.54. The van der Waals surface area contributed by atoms with Gasteiger partial charge in [0.25, 0.3) is 10.0 Å². The van der Waals surface area contributed by atoms with Crippen molar-refractivity contribution >= 4 is 27.5 Å². The molecule has 4 aromatic carbocycles. The molecule has 47 heavy (non-hydrogen) atoms. The van der Waals surface area contributed by atoms with Crippen molar-refractivity contribution < 1.29 is 22.4 Å². The third-order valence-corrected chi connectivity index (χ3v) is 10.5. The number of nitrogens with zero attached hydrogens (tertiary/aromatic N) is 2. The highest BCUT2D eigenvalue weighted by Gasteiger charge is 2.36. The Kier molecular flexibility index (Phi) is 10.8. The Morgan fingerprint density at radius 3 is 2.13 bits per heavy atom. The molecule has 0 bridgehead atoms. The number of carbonyl (C=O) groups excluding carboxylic acids is 2. The molecule has 0 aromatic heterocycles. The summed E-state index contributed by atoms with van der Waals surface area (Å²) in [5, 5.41) is 3.17. The van der Waals surface area contributed by atoms with Gasteiger partial charge in [0.05, 0.1) is 10.6 Å². The number of rotatable bonds is 12. The minimum absolute atomic E-state index is 0.0110. The fourth-order valence-electron chi connectivity index (χ4n) is 6.05. The summed E-state index contributed by atoms with van der Waals surface area (Å²) in [4.78, 5) is 30.3. The second kappa shape index (κ2) is 14.9. The molecule has 1 aliphatic carbocycles. The third-order valence-electron chi connectivity index (χ3n) is 8.76. The molecule has 1 aliphatic rings. The summed E-state index contributed by atoms with van der Waals surface area (Å²) in [6, 6.07) is 26.3. The Balaban J connectivity index is 1.58. The van der Waals surface area contributed by atoms with Crippen LogP contribution in [0, 0.1) is 26.6 Å². The number of halogens is 1. The highest BCUT2D eigenvalue weighted by Crippen LogP contribution is 2.29. The molecule has 1 fully saturated rings. The van der Waals surface area contributed by atoms with Crippen LogP contribution in [0.5, 0.6) is 0 Å². The highest BCUT2D eigenvalue weighted by molar-refractivity contribution is 7.92. The molecule has 4 aromatic rings. The van der Waals surface area contributed by atoms with Crippen molar-refractivity contribution in [3.8, 4) is 0 Å². The lowest BCUT2D eigenvalue weighted by atomic mass is 10.0. The van der Waals surface area contributed by atoms with Crippen LogP contribution in [0.25, 0.3) is 0 Å². The standard InChI is InChI=1S/C38H42FN3O4S/c1-27-14-21-34(22-15-27)47(45,46)42(35-23-28(2)13-16-29(35)3)26-37(43)41(25-31-17-19-32(39)20-18-31)36(24-30-9-5-4-6-10-30)38(44)40-33-11-7-8-12-33/h4-6,9-10,13-23,33,36H,7-8,11-12,24-26H2,1-3H3,(H,40,44)/t36-/m0/s1. The predicted octanol–water partition coefficient (Wildman–Crippen LogP) is 6.65. The largest absolute Gasteiger partial charge is 0.352 e. The van der Waals surface area contributed by atoms with Gasteiger partial charge in [-0.1, -0.05) is 85.1 Å². The van der Waals surface area contributed by atoms with Gasteiger partial charge in [-0.25, -0.2) is 12.8 Å². The number of carbonyl (C=O) groups is 2. The van der Waals surface area contributed by atoms with Crippen molar-refractivity contribution in [1.29, 1.82) is 0 Å². The average Bonchev–Trinajstić information content (AvgIpc) is 3.57. The Hall–Kier alpha value is -4.50. The van der Waals surface area contributed by atoms with E-state index in [0.29, 0.717) is 16.8 Å². The van der Waals surface area contributed by atoms with E-state index in [9.17, 15) is 22.4 Å². The lowest BCUT2D eigenvalue weighted by Gasteiger charge is -2.34. The predicted molar refractivity (Wildman–Crippen MR) is 183 cm³/mol.